The molecule has 4 heteroatoms. The highest BCUT2D eigenvalue weighted by Gasteiger charge is 2.31. The van der Waals surface area contributed by atoms with Crippen LogP contribution in [0.25, 0.3) is 0 Å². The summed E-state index contributed by atoms with van der Waals surface area (Å²) in [7, 11) is 0. The number of carbonyl (C=O) groups excluding carboxylic acids is 1. The van der Waals surface area contributed by atoms with Crippen molar-refractivity contribution in [1.29, 1.82) is 0 Å². The number of hydrogen-bond acceptors (Lipinski definition) is 2. The van der Waals surface area contributed by atoms with Gasteiger partial charge < -0.3 is 11.1 Å². The third-order valence-corrected chi connectivity index (χ3v) is 4.42. The van der Waals surface area contributed by atoms with Crippen LogP contribution in [0.15, 0.2) is 22.7 Å². The first-order valence-electron chi connectivity index (χ1n) is 6.33. The first kappa shape index (κ1) is 13.6. The number of amides is 1. The summed E-state index contributed by atoms with van der Waals surface area (Å²) in [4.78, 5) is 12.0. The molecular formula is C14H19BrN2O. The van der Waals surface area contributed by atoms with Crippen LogP contribution in [0.2, 0.25) is 0 Å². The molecule has 0 radical (unpaired) electrons. The molecule has 0 aliphatic heterocycles. The van der Waals surface area contributed by atoms with Crippen molar-refractivity contribution in [3.8, 4) is 0 Å². The molecule has 0 saturated heterocycles. The molecule has 0 atom stereocenters. The highest BCUT2D eigenvalue weighted by atomic mass is 79.9. The Morgan fingerprint density at radius 1 is 1.44 bits per heavy atom. The average molecular weight is 311 g/mol. The van der Waals surface area contributed by atoms with Crippen molar-refractivity contribution in [3.63, 3.8) is 0 Å². The number of carbonyl (C=O) groups is 1. The van der Waals surface area contributed by atoms with Gasteiger partial charge in [-0.1, -0.05) is 34.8 Å². The maximum absolute atomic E-state index is 12.0. The van der Waals surface area contributed by atoms with Gasteiger partial charge in [-0.05, 0) is 37.5 Å². The fourth-order valence-electron chi connectivity index (χ4n) is 2.45. The van der Waals surface area contributed by atoms with E-state index in [1.54, 1.807) is 0 Å². The first-order valence-corrected chi connectivity index (χ1v) is 7.13. The summed E-state index contributed by atoms with van der Waals surface area (Å²) in [6.07, 6.45) is 4.61. The van der Waals surface area contributed by atoms with Crippen LogP contribution < -0.4 is 11.1 Å². The summed E-state index contributed by atoms with van der Waals surface area (Å²) in [5, 5.41) is 2.91. The second-order valence-electron chi connectivity index (χ2n) is 5.26. The lowest BCUT2D eigenvalue weighted by Crippen LogP contribution is -2.40. The summed E-state index contributed by atoms with van der Waals surface area (Å²) in [5.41, 5.74) is 7.88. The average Bonchev–Trinajstić information content (AvgIpc) is 2.70. The molecule has 0 unspecified atom stereocenters. The van der Waals surface area contributed by atoms with E-state index in [0.29, 0.717) is 6.42 Å². The predicted octanol–water partition coefficient (Wildman–Crippen LogP) is 3.36. The van der Waals surface area contributed by atoms with Crippen molar-refractivity contribution in [2.45, 2.75) is 44.6 Å². The Bertz CT molecular complexity index is 453. The molecule has 3 nitrogen and oxygen atoms in total. The number of nitrogens with two attached hydrogens (primary N) is 1. The lowest BCUT2D eigenvalue weighted by molar-refractivity contribution is -0.117. The van der Waals surface area contributed by atoms with Gasteiger partial charge in [0.15, 0.2) is 0 Å². The molecule has 18 heavy (non-hydrogen) atoms. The Kier molecular flexibility index (Phi) is 4.07. The summed E-state index contributed by atoms with van der Waals surface area (Å²) < 4.78 is 1.00. The zero-order valence-corrected chi connectivity index (χ0v) is 12.2. The van der Waals surface area contributed by atoms with E-state index in [2.05, 4.69) is 21.2 Å². The van der Waals surface area contributed by atoms with Crippen LogP contribution in [0.1, 0.15) is 37.7 Å². The minimum atomic E-state index is -0.286. The molecule has 0 aromatic heterocycles. The number of benzene rings is 1. The van der Waals surface area contributed by atoms with Crippen LogP contribution in [-0.2, 0) is 4.79 Å². The highest BCUT2D eigenvalue weighted by molar-refractivity contribution is 9.10. The maximum atomic E-state index is 12.0. The number of hydrogen-bond donors (Lipinski definition) is 2. The lowest BCUT2D eigenvalue weighted by atomic mass is 9.94. The van der Waals surface area contributed by atoms with Gasteiger partial charge in [-0.25, -0.2) is 0 Å². The summed E-state index contributed by atoms with van der Waals surface area (Å²) in [6.45, 7) is 2.02. The van der Waals surface area contributed by atoms with E-state index in [0.717, 1.165) is 41.4 Å². The molecule has 1 amide bonds. The number of anilines is 1. The van der Waals surface area contributed by atoms with Gasteiger partial charge in [0.1, 0.15) is 0 Å². The van der Waals surface area contributed by atoms with Crippen LogP contribution >= 0.6 is 15.9 Å². The van der Waals surface area contributed by atoms with Crippen LogP contribution in [0.4, 0.5) is 5.69 Å². The molecule has 1 aliphatic rings. The van der Waals surface area contributed by atoms with Gasteiger partial charge in [0.2, 0.25) is 5.91 Å². The highest BCUT2D eigenvalue weighted by Crippen LogP contribution is 2.30. The van der Waals surface area contributed by atoms with Crippen molar-refractivity contribution in [2.75, 3.05) is 5.32 Å². The van der Waals surface area contributed by atoms with E-state index in [1.807, 2.05) is 25.1 Å². The molecule has 1 aromatic carbocycles. The van der Waals surface area contributed by atoms with Crippen LogP contribution in [-0.4, -0.2) is 11.4 Å². The van der Waals surface area contributed by atoms with Crippen molar-refractivity contribution < 1.29 is 4.79 Å². The van der Waals surface area contributed by atoms with E-state index >= 15 is 0 Å². The fraction of sp³-hybridized carbons (Fsp3) is 0.500. The minimum Gasteiger partial charge on any atom is -0.326 e. The molecule has 1 fully saturated rings. The lowest BCUT2D eigenvalue weighted by Gasteiger charge is -2.22. The van der Waals surface area contributed by atoms with Crippen LogP contribution in [0.5, 0.6) is 0 Å². The third-order valence-electron chi connectivity index (χ3n) is 3.57. The smallest absolute Gasteiger partial charge is 0.226 e. The summed E-state index contributed by atoms with van der Waals surface area (Å²) in [5.74, 6) is 0.00940. The van der Waals surface area contributed by atoms with Crippen molar-refractivity contribution in [2.24, 2.45) is 5.73 Å². The van der Waals surface area contributed by atoms with Gasteiger partial charge in [0.05, 0.1) is 0 Å². The number of nitrogens with one attached hydrogen (secondary N) is 1. The molecule has 2 rings (SSSR count). The largest absolute Gasteiger partial charge is 0.326 e. The number of halogens is 1. The van der Waals surface area contributed by atoms with E-state index in [4.69, 9.17) is 5.73 Å². The molecule has 1 aromatic rings. The maximum Gasteiger partial charge on any atom is 0.226 e. The van der Waals surface area contributed by atoms with Gasteiger partial charge in [-0.15, -0.1) is 0 Å². The minimum absolute atomic E-state index is 0.00940. The monoisotopic (exact) mass is 310 g/mol. The summed E-state index contributed by atoms with van der Waals surface area (Å²) in [6, 6.07) is 5.81. The van der Waals surface area contributed by atoms with E-state index in [1.165, 1.54) is 0 Å². The zero-order chi connectivity index (χ0) is 13.2. The SMILES string of the molecule is Cc1ccc(NC(=O)CC2(N)CCCC2)cc1Br. The quantitative estimate of drug-likeness (QED) is 0.899. The fourth-order valence-corrected chi connectivity index (χ4v) is 2.83. The Hall–Kier alpha value is -0.870. The second-order valence-corrected chi connectivity index (χ2v) is 6.11. The van der Waals surface area contributed by atoms with Gasteiger partial charge in [-0.2, -0.15) is 0 Å². The van der Waals surface area contributed by atoms with Crippen LogP contribution in [0.3, 0.4) is 0 Å². The molecular weight excluding hydrogens is 292 g/mol. The van der Waals surface area contributed by atoms with Crippen molar-refractivity contribution in [1.82, 2.24) is 0 Å². The molecule has 3 N–H and O–H groups in total. The molecule has 0 spiro atoms. The first-order chi connectivity index (χ1) is 8.48. The molecule has 1 saturated carbocycles. The van der Waals surface area contributed by atoms with Gasteiger partial charge in [-0.3, -0.25) is 4.79 Å². The molecule has 0 bridgehead atoms. The van der Waals surface area contributed by atoms with E-state index in [9.17, 15) is 4.79 Å². The Balaban J connectivity index is 1.96. The van der Waals surface area contributed by atoms with E-state index < -0.39 is 0 Å². The van der Waals surface area contributed by atoms with Crippen LogP contribution in [0, 0.1) is 6.92 Å². The standard InChI is InChI=1S/C14H19BrN2O/c1-10-4-5-11(8-12(10)15)17-13(18)9-14(16)6-2-3-7-14/h4-5,8H,2-3,6-7,9,16H2,1H3,(H,17,18). The number of aryl methyl sites for hydroxylation is 1. The predicted molar refractivity (Wildman–Crippen MR) is 77.5 cm³/mol. The normalized spacial score (nSPS) is 17.7. The second kappa shape index (κ2) is 5.41. The molecule has 1 aliphatic carbocycles. The zero-order valence-electron chi connectivity index (χ0n) is 10.6. The van der Waals surface area contributed by atoms with E-state index in [-0.39, 0.29) is 11.4 Å². The van der Waals surface area contributed by atoms with Gasteiger partial charge in [0, 0.05) is 22.1 Å². The molecule has 0 heterocycles. The Morgan fingerprint density at radius 2 is 2.11 bits per heavy atom. The topological polar surface area (TPSA) is 55.1 Å². The molecule has 98 valence electrons. The number of rotatable bonds is 3. The van der Waals surface area contributed by atoms with Crippen molar-refractivity contribution in [3.05, 3.63) is 28.2 Å². The third kappa shape index (κ3) is 3.33. The Labute approximate surface area is 116 Å². The summed E-state index contributed by atoms with van der Waals surface area (Å²) >= 11 is 3.46. The Morgan fingerprint density at radius 3 is 2.72 bits per heavy atom. The van der Waals surface area contributed by atoms with Gasteiger partial charge in [0.25, 0.3) is 0 Å². The van der Waals surface area contributed by atoms with Crippen molar-refractivity contribution >= 4 is 27.5 Å². The van der Waals surface area contributed by atoms with Gasteiger partial charge >= 0.3 is 0 Å².